The zero-order valence-corrected chi connectivity index (χ0v) is 15.5. The van der Waals surface area contributed by atoms with E-state index in [4.69, 9.17) is 0 Å². The van der Waals surface area contributed by atoms with Gasteiger partial charge in [0.1, 0.15) is 6.33 Å². The molecular weight excluding hydrogens is 422 g/mol. The standard InChI is InChI=1S/C17H18F6N4O3/c18-16(19,20)13(17(21,22)23)30-14(29)26-6-3-15(4-7-26)2-1-5-27(15)12(28)11-8-24-10-25-9-11/h8-10,13H,1-7H2. The van der Waals surface area contributed by atoms with E-state index in [0.717, 1.165) is 4.90 Å². The third-order valence-electron chi connectivity index (χ3n) is 5.41. The van der Waals surface area contributed by atoms with Crippen LogP contribution in [-0.2, 0) is 4.74 Å². The topological polar surface area (TPSA) is 75.6 Å². The molecule has 7 nitrogen and oxygen atoms in total. The molecule has 0 unspecified atom stereocenters. The lowest BCUT2D eigenvalue weighted by molar-refractivity contribution is -0.308. The Morgan fingerprint density at radius 3 is 2.07 bits per heavy atom. The van der Waals surface area contributed by atoms with Gasteiger partial charge >= 0.3 is 18.4 Å². The summed E-state index contributed by atoms with van der Waals surface area (Å²) in [6.45, 7) is 0.190. The van der Waals surface area contributed by atoms with Crippen molar-refractivity contribution in [2.24, 2.45) is 0 Å². The van der Waals surface area contributed by atoms with Crippen LogP contribution in [-0.4, -0.2) is 75.4 Å². The SMILES string of the molecule is O=C(OC(C(F)(F)F)C(F)(F)F)N1CCC2(CCCN2C(=O)c2cncnc2)CC1. The van der Waals surface area contributed by atoms with Gasteiger partial charge in [-0.15, -0.1) is 0 Å². The van der Waals surface area contributed by atoms with Gasteiger partial charge in [-0.05, 0) is 25.7 Å². The molecule has 0 saturated carbocycles. The van der Waals surface area contributed by atoms with Gasteiger partial charge in [-0.25, -0.2) is 14.8 Å². The molecule has 166 valence electrons. The highest BCUT2D eigenvalue weighted by atomic mass is 19.4. The van der Waals surface area contributed by atoms with Crippen molar-refractivity contribution in [3.63, 3.8) is 0 Å². The third-order valence-corrected chi connectivity index (χ3v) is 5.41. The molecular formula is C17H18F6N4O3. The summed E-state index contributed by atoms with van der Waals surface area (Å²) >= 11 is 0. The first-order chi connectivity index (χ1) is 13.9. The molecule has 13 heteroatoms. The van der Waals surface area contributed by atoms with Crippen molar-refractivity contribution < 1.29 is 40.7 Å². The summed E-state index contributed by atoms with van der Waals surface area (Å²) in [7, 11) is 0. The fourth-order valence-electron chi connectivity index (χ4n) is 3.94. The van der Waals surface area contributed by atoms with E-state index in [0.29, 0.717) is 19.4 Å². The quantitative estimate of drug-likeness (QED) is 0.661. The Morgan fingerprint density at radius 2 is 1.53 bits per heavy atom. The number of halogens is 6. The number of amides is 2. The predicted molar refractivity (Wildman–Crippen MR) is 88.2 cm³/mol. The van der Waals surface area contributed by atoms with Crippen LogP contribution in [0.25, 0.3) is 0 Å². The van der Waals surface area contributed by atoms with Crippen molar-refractivity contribution in [2.45, 2.75) is 49.7 Å². The number of ether oxygens (including phenoxy) is 1. The summed E-state index contributed by atoms with van der Waals surface area (Å²) in [6.07, 6.45) is -11.7. The van der Waals surface area contributed by atoms with E-state index >= 15 is 0 Å². The van der Waals surface area contributed by atoms with E-state index in [9.17, 15) is 35.9 Å². The first kappa shape index (κ1) is 22.1. The summed E-state index contributed by atoms with van der Waals surface area (Å²) in [4.78, 5) is 34.8. The smallest absolute Gasteiger partial charge is 0.426 e. The van der Waals surface area contributed by atoms with Crippen LogP contribution in [0.2, 0.25) is 0 Å². The Labute approximate surface area is 167 Å². The van der Waals surface area contributed by atoms with Crippen LogP contribution < -0.4 is 0 Å². The van der Waals surface area contributed by atoms with Crippen molar-refractivity contribution in [3.05, 3.63) is 24.3 Å². The maximum Gasteiger partial charge on any atom is 0.434 e. The molecule has 0 atom stereocenters. The average Bonchev–Trinajstić information content (AvgIpc) is 3.07. The maximum atomic E-state index is 12.8. The van der Waals surface area contributed by atoms with Crippen molar-refractivity contribution >= 4 is 12.0 Å². The Hall–Kier alpha value is -2.60. The van der Waals surface area contributed by atoms with Crippen molar-refractivity contribution in [1.82, 2.24) is 19.8 Å². The minimum Gasteiger partial charge on any atom is -0.426 e. The zero-order valence-electron chi connectivity index (χ0n) is 15.5. The molecule has 0 aromatic carbocycles. The number of rotatable bonds is 2. The molecule has 2 aliphatic heterocycles. The summed E-state index contributed by atoms with van der Waals surface area (Å²) in [5.74, 6) is -0.307. The Bertz CT molecular complexity index is 764. The van der Waals surface area contributed by atoms with Crippen molar-refractivity contribution in [1.29, 1.82) is 0 Å². The molecule has 3 heterocycles. The van der Waals surface area contributed by atoms with Crippen molar-refractivity contribution in [2.75, 3.05) is 19.6 Å². The summed E-state index contributed by atoms with van der Waals surface area (Å²) in [5, 5.41) is 0. The fourth-order valence-corrected chi connectivity index (χ4v) is 3.94. The van der Waals surface area contributed by atoms with Crippen molar-refractivity contribution in [3.8, 4) is 0 Å². The lowest BCUT2D eigenvalue weighted by Gasteiger charge is -2.44. The van der Waals surface area contributed by atoms with Gasteiger partial charge in [0, 0.05) is 37.6 Å². The molecule has 2 fully saturated rings. The van der Waals surface area contributed by atoms with Gasteiger partial charge in [0.2, 0.25) is 0 Å². The molecule has 3 rings (SSSR count). The van der Waals surface area contributed by atoms with Crippen LogP contribution in [0.15, 0.2) is 18.7 Å². The van der Waals surface area contributed by atoms with E-state index in [1.807, 2.05) is 0 Å². The highest BCUT2D eigenvalue weighted by Crippen LogP contribution is 2.40. The molecule has 0 radical (unpaired) electrons. The van der Waals surface area contributed by atoms with E-state index in [-0.39, 0.29) is 37.4 Å². The van der Waals surface area contributed by atoms with Gasteiger partial charge < -0.3 is 14.5 Å². The van der Waals surface area contributed by atoms with Gasteiger partial charge in [-0.1, -0.05) is 0 Å². The molecule has 2 saturated heterocycles. The largest absolute Gasteiger partial charge is 0.434 e. The lowest BCUT2D eigenvalue weighted by Crippen LogP contribution is -2.56. The highest BCUT2D eigenvalue weighted by molar-refractivity contribution is 5.94. The number of nitrogens with zero attached hydrogens (tertiary/aromatic N) is 4. The van der Waals surface area contributed by atoms with Crippen LogP contribution in [0.1, 0.15) is 36.0 Å². The van der Waals surface area contributed by atoms with E-state index in [2.05, 4.69) is 14.7 Å². The number of carbonyl (C=O) groups excluding carboxylic acids is 2. The molecule has 0 bridgehead atoms. The fraction of sp³-hybridized carbons (Fsp3) is 0.647. The van der Waals surface area contributed by atoms with Gasteiger partial charge in [0.15, 0.2) is 0 Å². The first-order valence-corrected chi connectivity index (χ1v) is 9.10. The predicted octanol–water partition coefficient (Wildman–Crippen LogP) is 3.18. The summed E-state index contributed by atoms with van der Waals surface area (Å²) in [5.41, 5.74) is -0.351. The van der Waals surface area contributed by atoms with Crippen LogP contribution in [0.3, 0.4) is 0 Å². The minimum absolute atomic E-state index is 0.129. The summed E-state index contributed by atoms with van der Waals surface area (Å²) in [6, 6.07) is 0. The molecule has 2 amide bonds. The van der Waals surface area contributed by atoms with E-state index in [1.54, 1.807) is 4.90 Å². The van der Waals surface area contributed by atoms with E-state index in [1.165, 1.54) is 18.7 Å². The van der Waals surface area contributed by atoms with Crippen LogP contribution in [0.5, 0.6) is 0 Å². The van der Waals surface area contributed by atoms with Gasteiger partial charge in [-0.2, -0.15) is 26.3 Å². The third kappa shape index (κ3) is 4.43. The molecule has 1 spiro atoms. The highest BCUT2D eigenvalue weighted by Gasteiger charge is 2.60. The molecule has 0 aliphatic carbocycles. The number of alkyl halides is 6. The Morgan fingerprint density at radius 1 is 0.967 bits per heavy atom. The summed E-state index contributed by atoms with van der Waals surface area (Å²) < 4.78 is 79.4. The molecule has 2 aliphatic rings. The van der Waals surface area contributed by atoms with Gasteiger partial charge in [0.05, 0.1) is 5.56 Å². The number of aromatic nitrogens is 2. The monoisotopic (exact) mass is 440 g/mol. The molecule has 30 heavy (non-hydrogen) atoms. The van der Waals surface area contributed by atoms with Crippen LogP contribution >= 0.6 is 0 Å². The maximum absolute atomic E-state index is 12.8. The Balaban J connectivity index is 1.66. The minimum atomic E-state index is -5.77. The number of hydrogen-bond acceptors (Lipinski definition) is 5. The van der Waals surface area contributed by atoms with Crippen LogP contribution in [0, 0.1) is 0 Å². The van der Waals surface area contributed by atoms with E-state index < -0.39 is 30.1 Å². The molecule has 1 aromatic rings. The van der Waals surface area contributed by atoms with Gasteiger partial charge in [0.25, 0.3) is 12.0 Å². The second kappa shape index (κ2) is 7.91. The van der Waals surface area contributed by atoms with Crippen LogP contribution in [0.4, 0.5) is 31.1 Å². The normalized spacial score (nSPS) is 19.4. The zero-order chi connectivity index (χ0) is 22.2. The Kier molecular flexibility index (Phi) is 5.83. The molecule has 1 aromatic heterocycles. The number of hydrogen-bond donors (Lipinski definition) is 0. The lowest BCUT2D eigenvalue weighted by atomic mass is 9.85. The number of carbonyl (C=O) groups is 2. The number of piperidine rings is 1. The second-order valence-electron chi connectivity index (χ2n) is 7.25. The van der Waals surface area contributed by atoms with Gasteiger partial charge in [-0.3, -0.25) is 4.79 Å². The second-order valence-corrected chi connectivity index (χ2v) is 7.25. The number of likely N-dealkylation sites (tertiary alicyclic amines) is 2. The average molecular weight is 440 g/mol. The molecule has 0 N–H and O–H groups in total. The first-order valence-electron chi connectivity index (χ1n) is 9.10.